The third-order valence-electron chi connectivity index (χ3n) is 2.83. The van der Waals surface area contributed by atoms with E-state index in [4.69, 9.17) is 5.73 Å². The van der Waals surface area contributed by atoms with Gasteiger partial charge in [-0.2, -0.15) is 6.92 Å². The van der Waals surface area contributed by atoms with E-state index in [0.29, 0.717) is 0 Å². The van der Waals surface area contributed by atoms with Gasteiger partial charge in [0.15, 0.2) is 0 Å². The number of pyridine rings is 1. The second-order valence-corrected chi connectivity index (χ2v) is 5.29. The van der Waals surface area contributed by atoms with E-state index >= 15 is 0 Å². The molecule has 0 saturated heterocycles. The second-order valence-electron chi connectivity index (χ2n) is 5.29. The summed E-state index contributed by atoms with van der Waals surface area (Å²) < 4.78 is 0. The van der Waals surface area contributed by atoms with Crippen LogP contribution in [-0.4, -0.2) is 4.98 Å². The number of hydrogen-bond donors (Lipinski definition) is 2. The molecule has 1 aromatic heterocycles. The van der Waals surface area contributed by atoms with Crippen LogP contribution in [0.4, 0.5) is 17.2 Å². The van der Waals surface area contributed by atoms with Crippen LogP contribution >= 0.6 is 0 Å². The fraction of sp³-hybridized carbons (Fsp3) is 0.217. The van der Waals surface area contributed by atoms with Crippen molar-refractivity contribution in [1.29, 1.82) is 0 Å². The Kier molecular flexibility index (Phi) is 19.4. The monoisotopic (exact) mass is 439 g/mol. The number of anilines is 3. The van der Waals surface area contributed by atoms with E-state index < -0.39 is 0 Å². The maximum absolute atomic E-state index is 5.78. The molecule has 3 aromatic rings. The molecule has 3 nitrogen and oxygen atoms in total. The molecule has 4 heteroatoms. The van der Waals surface area contributed by atoms with Gasteiger partial charge in [0, 0.05) is 38.9 Å². The van der Waals surface area contributed by atoms with Gasteiger partial charge in [0.25, 0.3) is 0 Å². The minimum atomic E-state index is 0. The van der Waals surface area contributed by atoms with Crippen LogP contribution in [0.1, 0.15) is 32.8 Å². The van der Waals surface area contributed by atoms with E-state index in [-0.39, 0.29) is 32.7 Å². The minimum Gasteiger partial charge on any atom is -0.397 e. The molecule has 0 bridgehead atoms. The van der Waals surface area contributed by atoms with Crippen molar-refractivity contribution in [3.8, 4) is 0 Å². The standard InChI is InChI=1S/C11H11N3.C7H8.C3H8.C2H5.Y/c12-9-5-1-2-6-10(9)14-11-7-3-4-8-13-11;1-7-5-3-2-4-6-7;1-3-2;1-2;/h1-8H,12H2,(H,13,14);2-6H,1H3;3H2,1-2H3;1H2,2H3;/q;;;-1;. The molecule has 0 aliphatic rings. The second kappa shape index (κ2) is 19.1. The number of nitrogens with one attached hydrogen (secondary N) is 1. The van der Waals surface area contributed by atoms with E-state index in [1.807, 2.05) is 60.7 Å². The third-order valence-corrected chi connectivity index (χ3v) is 2.83. The molecule has 0 aliphatic carbocycles. The van der Waals surface area contributed by atoms with Crippen molar-refractivity contribution in [2.24, 2.45) is 0 Å². The van der Waals surface area contributed by atoms with E-state index in [1.165, 1.54) is 12.0 Å². The Morgan fingerprint density at radius 2 is 1.37 bits per heavy atom. The predicted molar refractivity (Wildman–Crippen MR) is 117 cm³/mol. The number of para-hydroxylation sites is 2. The zero-order chi connectivity index (χ0) is 19.6. The van der Waals surface area contributed by atoms with E-state index in [2.05, 4.69) is 50.1 Å². The molecule has 0 saturated carbocycles. The van der Waals surface area contributed by atoms with Gasteiger partial charge in [0.05, 0.1) is 11.4 Å². The summed E-state index contributed by atoms with van der Waals surface area (Å²) in [5.74, 6) is 0.797. The molecule has 1 heterocycles. The Balaban J connectivity index is 0. The zero-order valence-corrected chi connectivity index (χ0v) is 19.9. The van der Waals surface area contributed by atoms with Crippen molar-refractivity contribution in [2.75, 3.05) is 11.1 Å². The van der Waals surface area contributed by atoms with Gasteiger partial charge >= 0.3 is 0 Å². The van der Waals surface area contributed by atoms with Crippen LogP contribution in [0, 0.1) is 13.8 Å². The average Bonchev–Trinajstić information content (AvgIpc) is 2.68. The van der Waals surface area contributed by atoms with Gasteiger partial charge < -0.3 is 18.0 Å². The summed E-state index contributed by atoms with van der Waals surface area (Å²) in [6, 6.07) is 23.6. The number of nitrogen functional groups attached to an aromatic ring is 1. The van der Waals surface area contributed by atoms with Gasteiger partial charge in [0.1, 0.15) is 5.82 Å². The molecule has 3 N–H and O–H groups in total. The number of hydrogen-bond acceptors (Lipinski definition) is 3. The molecule has 143 valence electrons. The van der Waals surface area contributed by atoms with Crippen molar-refractivity contribution < 1.29 is 32.7 Å². The first-order valence-electron chi connectivity index (χ1n) is 8.92. The fourth-order valence-corrected chi connectivity index (χ4v) is 1.72. The molecule has 2 aromatic carbocycles. The van der Waals surface area contributed by atoms with Crippen molar-refractivity contribution in [3.05, 3.63) is 91.5 Å². The van der Waals surface area contributed by atoms with Gasteiger partial charge in [-0.1, -0.05) is 74.4 Å². The molecular formula is C23H32N3Y-. The summed E-state index contributed by atoms with van der Waals surface area (Å²) in [4.78, 5) is 4.15. The van der Waals surface area contributed by atoms with Crippen LogP contribution in [-0.2, 0) is 32.7 Å². The fourth-order valence-electron chi connectivity index (χ4n) is 1.72. The SMILES string of the molecule is CCC.Cc1ccccc1.Nc1ccccc1Nc1ccccn1.[CH2-]C.[Y]. The summed E-state index contributed by atoms with van der Waals surface area (Å²) in [5.41, 5.74) is 8.70. The number of rotatable bonds is 2. The smallest absolute Gasteiger partial charge is 0.130 e. The third kappa shape index (κ3) is 14.1. The topological polar surface area (TPSA) is 50.9 Å². The van der Waals surface area contributed by atoms with Crippen LogP contribution in [0.2, 0.25) is 0 Å². The maximum atomic E-state index is 5.78. The first-order chi connectivity index (χ1) is 12.7. The van der Waals surface area contributed by atoms with Gasteiger partial charge in [-0.15, -0.1) is 0 Å². The first-order valence-corrected chi connectivity index (χ1v) is 8.92. The Morgan fingerprint density at radius 1 is 0.852 bits per heavy atom. The first kappa shape index (κ1) is 27.5. The van der Waals surface area contributed by atoms with Crippen molar-refractivity contribution in [3.63, 3.8) is 0 Å². The molecule has 1 radical (unpaired) electrons. The van der Waals surface area contributed by atoms with Crippen molar-refractivity contribution >= 4 is 17.2 Å². The molecule has 0 unspecified atom stereocenters. The van der Waals surface area contributed by atoms with E-state index in [1.54, 1.807) is 13.1 Å². The van der Waals surface area contributed by atoms with Crippen molar-refractivity contribution in [2.45, 2.75) is 34.1 Å². The zero-order valence-electron chi connectivity index (χ0n) is 17.0. The minimum absolute atomic E-state index is 0. The van der Waals surface area contributed by atoms with Gasteiger partial charge in [-0.25, -0.2) is 4.98 Å². The van der Waals surface area contributed by atoms with Crippen molar-refractivity contribution in [1.82, 2.24) is 4.98 Å². The van der Waals surface area contributed by atoms with Gasteiger partial charge in [0.2, 0.25) is 0 Å². The van der Waals surface area contributed by atoms with E-state index in [9.17, 15) is 0 Å². The Bertz CT molecular complexity index is 673. The van der Waals surface area contributed by atoms with Crippen LogP contribution < -0.4 is 11.1 Å². The van der Waals surface area contributed by atoms with E-state index in [0.717, 1.165) is 17.2 Å². The Labute approximate surface area is 190 Å². The average molecular weight is 439 g/mol. The summed E-state index contributed by atoms with van der Waals surface area (Å²) in [7, 11) is 0. The number of nitrogens with two attached hydrogens (primary N) is 1. The summed E-state index contributed by atoms with van der Waals surface area (Å²) in [6.45, 7) is 11.3. The Hall–Kier alpha value is -1.71. The van der Waals surface area contributed by atoms with Gasteiger partial charge in [-0.05, 0) is 31.2 Å². The largest absolute Gasteiger partial charge is 0.397 e. The summed E-state index contributed by atoms with van der Waals surface area (Å²) in [6.07, 6.45) is 2.99. The quantitative estimate of drug-likeness (QED) is 0.347. The molecule has 3 rings (SSSR count). The summed E-state index contributed by atoms with van der Waals surface area (Å²) in [5, 5.41) is 3.14. The normalized spacial score (nSPS) is 8.19. The van der Waals surface area contributed by atoms with Crippen LogP contribution in [0.15, 0.2) is 79.0 Å². The van der Waals surface area contributed by atoms with Crippen LogP contribution in [0.3, 0.4) is 0 Å². The summed E-state index contributed by atoms with van der Waals surface area (Å²) >= 11 is 0. The number of aryl methyl sites for hydroxylation is 1. The van der Waals surface area contributed by atoms with Crippen LogP contribution in [0.5, 0.6) is 0 Å². The number of nitrogens with zero attached hydrogens (tertiary/aromatic N) is 1. The molecule has 0 atom stereocenters. The molecule has 0 fully saturated rings. The van der Waals surface area contributed by atoms with Crippen LogP contribution in [0.25, 0.3) is 0 Å². The Morgan fingerprint density at radius 3 is 1.81 bits per heavy atom. The maximum Gasteiger partial charge on any atom is 0.130 e. The molecule has 0 aliphatic heterocycles. The number of benzene rings is 2. The molecular weight excluding hydrogens is 407 g/mol. The molecule has 0 amide bonds. The predicted octanol–water partition coefficient (Wildman–Crippen LogP) is 6.66. The van der Waals surface area contributed by atoms with Gasteiger partial charge in [-0.3, -0.25) is 0 Å². The number of aromatic nitrogens is 1. The molecule has 0 spiro atoms. The molecule has 27 heavy (non-hydrogen) atoms.